The molecule has 0 aliphatic carbocycles. The number of nitrogens with zero attached hydrogens (tertiary/aromatic N) is 1. The van der Waals surface area contributed by atoms with Crippen molar-refractivity contribution >= 4 is 17.9 Å². The minimum Gasteiger partial charge on any atom is -0.480 e. The summed E-state index contributed by atoms with van der Waals surface area (Å²) < 4.78 is 0. The van der Waals surface area contributed by atoms with Crippen LogP contribution >= 0.6 is 0 Å². The van der Waals surface area contributed by atoms with Gasteiger partial charge in [-0.25, -0.2) is 9.59 Å². The van der Waals surface area contributed by atoms with Crippen LogP contribution in [0.5, 0.6) is 0 Å². The second-order valence-electron chi connectivity index (χ2n) is 4.38. The molecule has 0 bridgehead atoms. The molecule has 0 aromatic heterocycles. The first-order chi connectivity index (χ1) is 8.47. The third kappa shape index (κ3) is 3.35. The molecule has 1 aliphatic heterocycles. The number of aliphatic carboxylic acids is 1. The van der Waals surface area contributed by atoms with Crippen molar-refractivity contribution in [2.24, 2.45) is 5.73 Å². The van der Waals surface area contributed by atoms with Crippen LogP contribution in [-0.4, -0.2) is 46.5 Å². The number of hydrogen-bond acceptors (Lipinski definition) is 3. The van der Waals surface area contributed by atoms with Crippen molar-refractivity contribution in [3.8, 4) is 0 Å². The lowest BCUT2D eigenvalue weighted by Gasteiger charge is -2.24. The summed E-state index contributed by atoms with van der Waals surface area (Å²) in [6.45, 7) is 2.27. The number of amides is 3. The van der Waals surface area contributed by atoms with Gasteiger partial charge in [-0.1, -0.05) is 13.3 Å². The number of carbonyl (C=O) groups is 3. The second kappa shape index (κ2) is 6.23. The molecule has 7 nitrogen and oxygen atoms in total. The van der Waals surface area contributed by atoms with E-state index < -0.39 is 30.0 Å². The van der Waals surface area contributed by atoms with Crippen LogP contribution in [0.25, 0.3) is 0 Å². The zero-order valence-electron chi connectivity index (χ0n) is 10.4. The highest BCUT2D eigenvalue weighted by Crippen LogP contribution is 2.17. The number of primary amides is 1. The van der Waals surface area contributed by atoms with Crippen molar-refractivity contribution in [2.45, 2.75) is 44.7 Å². The van der Waals surface area contributed by atoms with Gasteiger partial charge in [-0.3, -0.25) is 4.79 Å². The van der Waals surface area contributed by atoms with Crippen LogP contribution in [0.15, 0.2) is 0 Å². The molecule has 0 aromatic rings. The van der Waals surface area contributed by atoms with E-state index in [0.29, 0.717) is 32.2 Å². The van der Waals surface area contributed by atoms with E-state index in [4.69, 9.17) is 10.8 Å². The van der Waals surface area contributed by atoms with E-state index in [1.165, 1.54) is 4.90 Å². The molecule has 0 radical (unpaired) electrons. The van der Waals surface area contributed by atoms with E-state index in [1.807, 2.05) is 6.92 Å². The normalized spacial score (nSPS) is 20.5. The highest BCUT2D eigenvalue weighted by molar-refractivity contribution is 5.88. The Morgan fingerprint density at radius 2 is 2.17 bits per heavy atom. The molecule has 2 unspecified atom stereocenters. The summed E-state index contributed by atoms with van der Waals surface area (Å²) in [7, 11) is 0. The minimum atomic E-state index is -1.07. The van der Waals surface area contributed by atoms with Crippen LogP contribution in [0, 0.1) is 0 Å². The van der Waals surface area contributed by atoms with Gasteiger partial charge in [0.1, 0.15) is 12.1 Å². The Morgan fingerprint density at radius 1 is 1.50 bits per heavy atom. The van der Waals surface area contributed by atoms with Crippen molar-refractivity contribution in [3.05, 3.63) is 0 Å². The van der Waals surface area contributed by atoms with Crippen LogP contribution in [0.3, 0.4) is 0 Å². The summed E-state index contributed by atoms with van der Waals surface area (Å²) in [5.74, 6) is -1.62. The standard InChI is InChI=1S/C11H19N3O4/c1-2-4-7(10(16)17)13-11(18)14-6-3-5-8(14)9(12)15/h7-8H,2-6H2,1H3,(H2,12,15)(H,13,18)(H,16,17). The summed E-state index contributed by atoms with van der Waals surface area (Å²) >= 11 is 0. The van der Waals surface area contributed by atoms with Gasteiger partial charge in [-0.15, -0.1) is 0 Å². The number of nitrogens with one attached hydrogen (secondary N) is 1. The Hall–Kier alpha value is -1.79. The van der Waals surface area contributed by atoms with Gasteiger partial charge in [0.25, 0.3) is 0 Å². The average molecular weight is 257 g/mol. The topological polar surface area (TPSA) is 113 Å². The lowest BCUT2D eigenvalue weighted by molar-refractivity contribution is -0.139. The molecule has 7 heteroatoms. The second-order valence-corrected chi connectivity index (χ2v) is 4.38. The molecule has 1 saturated heterocycles. The number of rotatable bonds is 5. The predicted octanol–water partition coefficient (Wildman–Crippen LogP) is -0.101. The highest BCUT2D eigenvalue weighted by Gasteiger charge is 2.34. The molecule has 4 N–H and O–H groups in total. The molecule has 1 fully saturated rings. The molecule has 0 spiro atoms. The molecule has 3 amide bonds. The lowest BCUT2D eigenvalue weighted by Crippen LogP contribution is -2.52. The molecule has 1 aliphatic rings. The summed E-state index contributed by atoms with van der Waals surface area (Å²) in [6, 6.07) is -2.07. The fraction of sp³-hybridized carbons (Fsp3) is 0.727. The molecule has 18 heavy (non-hydrogen) atoms. The van der Waals surface area contributed by atoms with Crippen molar-refractivity contribution in [1.29, 1.82) is 0 Å². The Kier molecular flexibility index (Phi) is 4.94. The molecular formula is C11H19N3O4. The molecule has 1 rings (SSSR count). The van der Waals surface area contributed by atoms with Crippen LogP contribution in [0.2, 0.25) is 0 Å². The first-order valence-corrected chi connectivity index (χ1v) is 6.06. The Balaban J connectivity index is 2.63. The van der Waals surface area contributed by atoms with E-state index >= 15 is 0 Å². The van der Waals surface area contributed by atoms with E-state index in [0.717, 1.165) is 0 Å². The average Bonchev–Trinajstić information content (AvgIpc) is 2.77. The first-order valence-electron chi connectivity index (χ1n) is 6.06. The fourth-order valence-corrected chi connectivity index (χ4v) is 2.08. The summed E-state index contributed by atoms with van der Waals surface area (Å²) in [6.07, 6.45) is 2.24. The number of nitrogens with two attached hydrogens (primary N) is 1. The van der Waals surface area contributed by atoms with Crippen LogP contribution < -0.4 is 11.1 Å². The number of urea groups is 1. The van der Waals surface area contributed by atoms with Crippen molar-refractivity contribution in [3.63, 3.8) is 0 Å². The molecule has 102 valence electrons. The van der Waals surface area contributed by atoms with Gasteiger partial charge in [-0.2, -0.15) is 0 Å². The molecule has 0 aromatic carbocycles. The molecular weight excluding hydrogens is 238 g/mol. The number of hydrogen-bond donors (Lipinski definition) is 3. The van der Waals surface area contributed by atoms with Crippen molar-refractivity contribution in [2.75, 3.05) is 6.54 Å². The van der Waals surface area contributed by atoms with E-state index in [2.05, 4.69) is 5.32 Å². The monoisotopic (exact) mass is 257 g/mol. The predicted molar refractivity (Wildman–Crippen MR) is 63.8 cm³/mol. The van der Waals surface area contributed by atoms with Crippen LogP contribution in [0.1, 0.15) is 32.6 Å². The number of carboxylic acids is 1. The first kappa shape index (κ1) is 14.3. The Morgan fingerprint density at radius 3 is 2.67 bits per heavy atom. The molecule has 1 heterocycles. The van der Waals surface area contributed by atoms with Crippen LogP contribution in [0.4, 0.5) is 4.79 Å². The van der Waals surface area contributed by atoms with Gasteiger partial charge in [-0.05, 0) is 19.3 Å². The van der Waals surface area contributed by atoms with Crippen LogP contribution in [-0.2, 0) is 9.59 Å². The summed E-state index contributed by atoms with van der Waals surface area (Å²) in [5, 5.41) is 11.4. The lowest BCUT2D eigenvalue weighted by atomic mass is 10.2. The maximum atomic E-state index is 11.9. The Labute approximate surface area is 105 Å². The van der Waals surface area contributed by atoms with Crippen molar-refractivity contribution < 1.29 is 19.5 Å². The third-order valence-electron chi connectivity index (χ3n) is 3.02. The summed E-state index contributed by atoms with van der Waals surface area (Å²) in [4.78, 5) is 35.3. The van der Waals surface area contributed by atoms with Gasteiger partial charge in [0.2, 0.25) is 5.91 Å². The SMILES string of the molecule is CCCC(NC(=O)N1CCCC1C(N)=O)C(=O)O. The van der Waals surface area contributed by atoms with Gasteiger partial charge in [0, 0.05) is 6.54 Å². The van der Waals surface area contributed by atoms with Gasteiger partial charge >= 0.3 is 12.0 Å². The number of carbonyl (C=O) groups excluding carboxylic acids is 2. The van der Waals surface area contributed by atoms with Gasteiger partial charge in [0.15, 0.2) is 0 Å². The van der Waals surface area contributed by atoms with Crippen molar-refractivity contribution in [1.82, 2.24) is 10.2 Å². The third-order valence-corrected chi connectivity index (χ3v) is 3.02. The van der Waals surface area contributed by atoms with Gasteiger partial charge in [0.05, 0.1) is 0 Å². The quantitative estimate of drug-likeness (QED) is 0.638. The van der Waals surface area contributed by atoms with Gasteiger partial charge < -0.3 is 21.1 Å². The van der Waals surface area contributed by atoms with E-state index in [-0.39, 0.29) is 0 Å². The smallest absolute Gasteiger partial charge is 0.326 e. The fourth-order valence-electron chi connectivity index (χ4n) is 2.08. The zero-order chi connectivity index (χ0) is 13.7. The zero-order valence-corrected chi connectivity index (χ0v) is 10.4. The molecule has 2 atom stereocenters. The number of likely N-dealkylation sites (tertiary alicyclic amines) is 1. The maximum Gasteiger partial charge on any atom is 0.326 e. The number of carboxylic acid groups (broad SMARTS) is 1. The molecule has 0 saturated carbocycles. The van der Waals surface area contributed by atoms with E-state index in [9.17, 15) is 14.4 Å². The largest absolute Gasteiger partial charge is 0.480 e. The maximum absolute atomic E-state index is 11.9. The Bertz CT molecular complexity index is 345. The minimum absolute atomic E-state index is 0.357. The highest BCUT2D eigenvalue weighted by atomic mass is 16.4. The van der Waals surface area contributed by atoms with E-state index in [1.54, 1.807) is 0 Å². The summed E-state index contributed by atoms with van der Waals surface area (Å²) in [5.41, 5.74) is 5.20.